The molecule has 1 saturated carbocycles. The van der Waals surface area contributed by atoms with Crippen molar-refractivity contribution in [2.45, 2.75) is 49.1 Å². The fourth-order valence-corrected chi connectivity index (χ4v) is 3.70. The number of nitrogens with zero attached hydrogens (tertiary/aromatic N) is 4. The summed E-state index contributed by atoms with van der Waals surface area (Å²) in [5.74, 6) is 0.926. The van der Waals surface area contributed by atoms with E-state index in [4.69, 9.17) is 5.73 Å². The molecule has 1 heterocycles. The van der Waals surface area contributed by atoms with Crippen molar-refractivity contribution in [3.05, 3.63) is 36.2 Å². The van der Waals surface area contributed by atoms with Crippen molar-refractivity contribution in [2.24, 2.45) is 5.73 Å². The quantitative estimate of drug-likeness (QED) is 0.716. The van der Waals surface area contributed by atoms with E-state index < -0.39 is 0 Å². The van der Waals surface area contributed by atoms with Crippen LogP contribution in [0.25, 0.3) is 0 Å². The molecular formula is C18H23N5O2S. The summed E-state index contributed by atoms with van der Waals surface area (Å²) in [5.41, 5.74) is 6.14. The highest BCUT2D eigenvalue weighted by atomic mass is 32.2. The summed E-state index contributed by atoms with van der Waals surface area (Å²) < 4.78 is 1.94. The maximum Gasteiger partial charge on any atom is 0.240 e. The molecule has 2 aromatic rings. The lowest BCUT2D eigenvalue weighted by atomic mass is 10.3. The van der Waals surface area contributed by atoms with Crippen LogP contribution in [-0.4, -0.2) is 38.9 Å². The molecule has 138 valence electrons. The summed E-state index contributed by atoms with van der Waals surface area (Å²) >= 11 is 1.37. The van der Waals surface area contributed by atoms with Crippen LogP contribution in [0.3, 0.4) is 0 Å². The Kier molecular flexibility index (Phi) is 5.61. The topological polar surface area (TPSA) is 94.1 Å². The van der Waals surface area contributed by atoms with E-state index in [0.717, 1.165) is 24.4 Å². The number of aromatic nitrogens is 3. The van der Waals surface area contributed by atoms with Gasteiger partial charge in [0.2, 0.25) is 11.8 Å². The molecule has 1 fully saturated rings. The third kappa shape index (κ3) is 4.24. The van der Waals surface area contributed by atoms with E-state index in [0.29, 0.717) is 17.6 Å². The number of primary amides is 1. The van der Waals surface area contributed by atoms with Gasteiger partial charge in [0.1, 0.15) is 5.82 Å². The van der Waals surface area contributed by atoms with Gasteiger partial charge in [-0.15, -0.1) is 10.2 Å². The smallest absolute Gasteiger partial charge is 0.240 e. The second kappa shape index (κ2) is 7.90. The highest BCUT2D eigenvalue weighted by Gasteiger charge is 2.31. The second-order valence-electron chi connectivity index (χ2n) is 6.48. The molecule has 8 heteroatoms. The van der Waals surface area contributed by atoms with Crippen LogP contribution in [-0.2, 0) is 16.1 Å². The number of thioether (sulfide) groups is 1. The van der Waals surface area contributed by atoms with E-state index >= 15 is 0 Å². The minimum atomic E-state index is -0.357. The molecule has 1 aliphatic rings. The number of carbonyl (C=O) groups is 2. The Hall–Kier alpha value is -2.35. The molecule has 1 aliphatic carbocycles. The third-order valence-corrected chi connectivity index (χ3v) is 5.44. The van der Waals surface area contributed by atoms with Gasteiger partial charge in [0.05, 0.1) is 5.25 Å². The van der Waals surface area contributed by atoms with Crippen molar-refractivity contribution < 1.29 is 9.59 Å². The number of carbonyl (C=O) groups excluding carboxylic acids is 2. The molecule has 0 spiro atoms. The Morgan fingerprint density at radius 2 is 2.00 bits per heavy atom. The first-order valence-electron chi connectivity index (χ1n) is 8.68. The summed E-state index contributed by atoms with van der Waals surface area (Å²) in [6.07, 6.45) is 2.41. The van der Waals surface area contributed by atoms with Crippen molar-refractivity contribution in [2.75, 3.05) is 11.9 Å². The molecular weight excluding hydrogens is 350 g/mol. The average molecular weight is 373 g/mol. The molecule has 1 unspecified atom stereocenters. The number of rotatable bonds is 8. The maximum absolute atomic E-state index is 12.8. The number of anilines is 1. The fourth-order valence-electron chi connectivity index (χ4n) is 2.72. The summed E-state index contributed by atoms with van der Waals surface area (Å²) in [6, 6.07) is 9.52. The third-order valence-electron chi connectivity index (χ3n) is 4.37. The highest BCUT2D eigenvalue weighted by Crippen LogP contribution is 2.40. The molecule has 0 aliphatic heterocycles. The Morgan fingerprint density at radius 1 is 1.31 bits per heavy atom. The largest absolute Gasteiger partial charge is 0.370 e. The van der Waals surface area contributed by atoms with Crippen LogP contribution in [0, 0.1) is 0 Å². The lowest BCUT2D eigenvalue weighted by Crippen LogP contribution is -2.33. The fraction of sp³-hybridized carbons (Fsp3) is 0.444. The number of hydrogen-bond donors (Lipinski definition) is 1. The van der Waals surface area contributed by atoms with E-state index in [1.165, 1.54) is 11.8 Å². The van der Waals surface area contributed by atoms with Gasteiger partial charge >= 0.3 is 0 Å². The van der Waals surface area contributed by atoms with Crippen molar-refractivity contribution in [3.8, 4) is 0 Å². The second-order valence-corrected chi connectivity index (χ2v) is 7.78. The van der Waals surface area contributed by atoms with Gasteiger partial charge in [-0.25, -0.2) is 0 Å². The molecule has 2 amide bonds. The van der Waals surface area contributed by atoms with Crippen LogP contribution in [0.5, 0.6) is 0 Å². The Bertz CT molecular complexity index is 788. The molecule has 1 aromatic carbocycles. The Labute approximate surface area is 157 Å². The van der Waals surface area contributed by atoms with E-state index in [1.807, 2.05) is 41.8 Å². The zero-order chi connectivity index (χ0) is 18.7. The number of para-hydroxylation sites is 1. The summed E-state index contributed by atoms with van der Waals surface area (Å²) in [7, 11) is 1.77. The van der Waals surface area contributed by atoms with Crippen LogP contribution in [0.2, 0.25) is 0 Å². The van der Waals surface area contributed by atoms with Crippen molar-refractivity contribution >= 4 is 29.3 Å². The number of amides is 2. The molecule has 2 N–H and O–H groups in total. The lowest BCUT2D eigenvalue weighted by Gasteiger charge is -2.21. The summed E-state index contributed by atoms with van der Waals surface area (Å²) in [5, 5.41) is 8.88. The Morgan fingerprint density at radius 3 is 2.62 bits per heavy atom. The van der Waals surface area contributed by atoms with E-state index in [1.54, 1.807) is 11.9 Å². The van der Waals surface area contributed by atoms with Gasteiger partial charge in [0.15, 0.2) is 5.16 Å². The van der Waals surface area contributed by atoms with Crippen LogP contribution in [0.15, 0.2) is 35.5 Å². The zero-order valence-corrected chi connectivity index (χ0v) is 15.8. The molecule has 1 atom stereocenters. The van der Waals surface area contributed by atoms with Gasteiger partial charge in [-0.1, -0.05) is 30.0 Å². The molecule has 3 rings (SSSR count). The average Bonchev–Trinajstić information content (AvgIpc) is 3.41. The van der Waals surface area contributed by atoms with Gasteiger partial charge in [-0.3, -0.25) is 9.59 Å². The Balaban J connectivity index is 1.73. The van der Waals surface area contributed by atoms with Gasteiger partial charge in [-0.2, -0.15) is 0 Å². The zero-order valence-electron chi connectivity index (χ0n) is 15.0. The minimum absolute atomic E-state index is 0.0152. The normalized spacial score (nSPS) is 14.8. The first kappa shape index (κ1) is 18.4. The first-order valence-corrected chi connectivity index (χ1v) is 9.56. The van der Waals surface area contributed by atoms with Gasteiger partial charge in [-0.05, 0) is 31.9 Å². The predicted octanol–water partition coefficient (Wildman–Crippen LogP) is 2.17. The van der Waals surface area contributed by atoms with Gasteiger partial charge < -0.3 is 15.2 Å². The molecule has 7 nitrogen and oxygen atoms in total. The van der Waals surface area contributed by atoms with Gasteiger partial charge in [0.25, 0.3) is 0 Å². The highest BCUT2D eigenvalue weighted by molar-refractivity contribution is 8.00. The lowest BCUT2D eigenvalue weighted by molar-refractivity contribution is -0.118. The van der Waals surface area contributed by atoms with E-state index in [2.05, 4.69) is 10.2 Å². The molecule has 0 bridgehead atoms. The van der Waals surface area contributed by atoms with Crippen molar-refractivity contribution in [3.63, 3.8) is 0 Å². The molecule has 0 radical (unpaired) electrons. The number of benzene rings is 1. The standard InChI is InChI=1S/C18H23N5O2S/c1-12(17(25)22(2)14-6-4-3-5-7-14)26-18-21-20-16(13-8-9-13)23(18)11-10-15(19)24/h3-7,12-13H,8-11H2,1-2H3,(H2,19,24). The van der Waals surface area contributed by atoms with Crippen molar-refractivity contribution in [1.82, 2.24) is 14.8 Å². The van der Waals surface area contributed by atoms with Crippen LogP contribution in [0.1, 0.15) is 37.9 Å². The van der Waals surface area contributed by atoms with Crippen molar-refractivity contribution in [1.29, 1.82) is 0 Å². The number of hydrogen-bond acceptors (Lipinski definition) is 5. The summed E-state index contributed by atoms with van der Waals surface area (Å²) in [4.78, 5) is 25.6. The molecule has 26 heavy (non-hydrogen) atoms. The van der Waals surface area contributed by atoms with E-state index in [-0.39, 0.29) is 23.5 Å². The first-order chi connectivity index (χ1) is 12.5. The van der Waals surface area contributed by atoms with Crippen LogP contribution in [0.4, 0.5) is 5.69 Å². The number of nitrogens with two attached hydrogens (primary N) is 1. The summed E-state index contributed by atoms with van der Waals surface area (Å²) in [6.45, 7) is 2.31. The molecule has 0 saturated heterocycles. The monoisotopic (exact) mass is 373 g/mol. The van der Waals surface area contributed by atoms with Crippen LogP contribution < -0.4 is 10.6 Å². The molecule has 1 aromatic heterocycles. The van der Waals surface area contributed by atoms with E-state index in [9.17, 15) is 9.59 Å². The van der Waals surface area contributed by atoms with Crippen LogP contribution >= 0.6 is 11.8 Å². The van der Waals surface area contributed by atoms with Gasteiger partial charge in [0, 0.05) is 31.6 Å². The minimum Gasteiger partial charge on any atom is -0.370 e. The predicted molar refractivity (Wildman–Crippen MR) is 101 cm³/mol. The maximum atomic E-state index is 12.8. The SMILES string of the molecule is CC(Sc1nnc(C2CC2)n1CCC(N)=O)C(=O)N(C)c1ccccc1.